The van der Waals surface area contributed by atoms with Gasteiger partial charge in [-0.3, -0.25) is 0 Å². The van der Waals surface area contributed by atoms with Gasteiger partial charge in [-0.1, -0.05) is 27.5 Å². The molecule has 0 heterocycles. The van der Waals surface area contributed by atoms with Crippen molar-refractivity contribution in [2.24, 2.45) is 5.73 Å². The number of hydrogen-bond acceptors (Lipinski definition) is 3. The van der Waals surface area contributed by atoms with Gasteiger partial charge in [0.15, 0.2) is 0 Å². The van der Waals surface area contributed by atoms with Crippen molar-refractivity contribution >= 4 is 37.6 Å². The minimum absolute atomic E-state index is 0.0743. The molecule has 0 radical (unpaired) electrons. The average molecular weight is 340 g/mol. The van der Waals surface area contributed by atoms with E-state index in [4.69, 9.17) is 17.3 Å². The van der Waals surface area contributed by atoms with Gasteiger partial charge in [-0.2, -0.15) is 0 Å². The first kappa shape index (κ1) is 13.3. The predicted molar refractivity (Wildman–Crippen MR) is 70.5 cm³/mol. The molecule has 0 saturated heterocycles. The molecule has 0 aromatic heterocycles. The van der Waals surface area contributed by atoms with Crippen molar-refractivity contribution in [3.05, 3.63) is 27.7 Å². The van der Waals surface area contributed by atoms with Gasteiger partial charge in [0, 0.05) is 16.6 Å². The van der Waals surface area contributed by atoms with Crippen LogP contribution in [0.4, 0.5) is 0 Å². The van der Waals surface area contributed by atoms with E-state index in [0.29, 0.717) is 12.8 Å². The molecular weight excluding hydrogens is 328 g/mol. The molecule has 1 aliphatic carbocycles. The maximum absolute atomic E-state index is 12.0. The summed E-state index contributed by atoms with van der Waals surface area (Å²) in [4.78, 5) is 0.0999. The highest BCUT2D eigenvalue weighted by Crippen LogP contribution is 2.27. The zero-order chi connectivity index (χ0) is 12.6. The monoisotopic (exact) mass is 338 g/mol. The maximum atomic E-state index is 12.0. The summed E-state index contributed by atoms with van der Waals surface area (Å²) in [5.41, 5.74) is 5.61. The number of halogens is 2. The quantitative estimate of drug-likeness (QED) is 0.883. The van der Waals surface area contributed by atoms with E-state index < -0.39 is 10.0 Å². The number of rotatable bonds is 3. The van der Waals surface area contributed by atoms with Crippen LogP contribution in [0.3, 0.4) is 0 Å². The molecule has 0 amide bonds. The zero-order valence-electron chi connectivity index (χ0n) is 8.86. The van der Waals surface area contributed by atoms with Crippen molar-refractivity contribution in [1.82, 2.24) is 4.72 Å². The lowest BCUT2D eigenvalue weighted by Gasteiger charge is -2.32. The highest BCUT2D eigenvalue weighted by molar-refractivity contribution is 9.10. The van der Waals surface area contributed by atoms with Crippen molar-refractivity contribution in [2.75, 3.05) is 0 Å². The number of nitrogens with two attached hydrogens (primary N) is 1. The Hall–Kier alpha value is -0.140. The lowest BCUT2D eigenvalue weighted by atomic mass is 9.89. The van der Waals surface area contributed by atoms with Crippen LogP contribution in [0.2, 0.25) is 5.02 Å². The van der Waals surface area contributed by atoms with Gasteiger partial charge in [-0.05, 0) is 31.0 Å². The normalized spacial score (nSPS) is 24.4. The molecule has 1 aliphatic rings. The van der Waals surface area contributed by atoms with Crippen LogP contribution in [-0.4, -0.2) is 20.5 Å². The van der Waals surface area contributed by atoms with Crippen molar-refractivity contribution in [1.29, 1.82) is 0 Å². The van der Waals surface area contributed by atoms with Gasteiger partial charge >= 0.3 is 0 Å². The minimum Gasteiger partial charge on any atom is -0.328 e. The van der Waals surface area contributed by atoms with E-state index in [9.17, 15) is 8.42 Å². The Morgan fingerprint density at radius 1 is 1.41 bits per heavy atom. The Labute approximate surface area is 114 Å². The second kappa shape index (κ2) is 4.85. The summed E-state index contributed by atoms with van der Waals surface area (Å²) in [6, 6.07) is 4.71. The largest absolute Gasteiger partial charge is 0.328 e. The maximum Gasteiger partial charge on any atom is 0.242 e. The SMILES string of the molecule is NC1CC(NS(=O)(=O)c2ccc(Br)cc2Cl)C1. The number of hydrogen-bond donors (Lipinski definition) is 2. The molecule has 0 atom stereocenters. The van der Waals surface area contributed by atoms with Gasteiger partial charge < -0.3 is 5.73 Å². The summed E-state index contributed by atoms with van der Waals surface area (Å²) in [5, 5.41) is 0.204. The highest BCUT2D eigenvalue weighted by atomic mass is 79.9. The van der Waals surface area contributed by atoms with Crippen molar-refractivity contribution < 1.29 is 8.42 Å². The molecule has 1 aromatic carbocycles. The first-order valence-electron chi connectivity index (χ1n) is 5.11. The van der Waals surface area contributed by atoms with Crippen molar-refractivity contribution in [3.8, 4) is 0 Å². The lowest BCUT2D eigenvalue weighted by molar-refractivity contribution is 0.327. The number of nitrogens with one attached hydrogen (secondary N) is 1. The lowest BCUT2D eigenvalue weighted by Crippen LogP contribution is -2.50. The second-order valence-electron chi connectivity index (χ2n) is 4.12. The van der Waals surface area contributed by atoms with Crippen LogP contribution in [0.5, 0.6) is 0 Å². The Morgan fingerprint density at radius 2 is 2.06 bits per heavy atom. The Balaban J connectivity index is 2.20. The fourth-order valence-electron chi connectivity index (χ4n) is 1.73. The first-order valence-corrected chi connectivity index (χ1v) is 7.77. The van der Waals surface area contributed by atoms with Crippen LogP contribution in [-0.2, 0) is 10.0 Å². The van der Waals surface area contributed by atoms with E-state index in [2.05, 4.69) is 20.7 Å². The first-order chi connectivity index (χ1) is 7.88. The molecule has 1 saturated carbocycles. The number of sulfonamides is 1. The van der Waals surface area contributed by atoms with Gasteiger partial charge in [0.2, 0.25) is 10.0 Å². The fourth-order valence-corrected chi connectivity index (χ4v) is 4.03. The third-order valence-electron chi connectivity index (χ3n) is 2.68. The molecule has 2 rings (SSSR count). The summed E-state index contributed by atoms with van der Waals surface area (Å²) in [5.74, 6) is 0. The van der Waals surface area contributed by atoms with E-state index in [1.54, 1.807) is 12.1 Å². The Kier molecular flexibility index (Phi) is 3.80. The molecule has 1 aromatic rings. The van der Waals surface area contributed by atoms with Crippen LogP contribution in [0.25, 0.3) is 0 Å². The predicted octanol–water partition coefficient (Wildman–Crippen LogP) is 1.87. The van der Waals surface area contributed by atoms with Crippen LogP contribution in [0.15, 0.2) is 27.6 Å². The Morgan fingerprint density at radius 3 is 2.59 bits per heavy atom. The average Bonchev–Trinajstić information content (AvgIpc) is 2.14. The molecule has 0 spiro atoms. The molecule has 4 nitrogen and oxygen atoms in total. The van der Waals surface area contributed by atoms with Crippen LogP contribution in [0, 0.1) is 0 Å². The molecular formula is C10H12BrClN2O2S. The van der Waals surface area contributed by atoms with Gasteiger partial charge in [0.25, 0.3) is 0 Å². The van der Waals surface area contributed by atoms with Crippen LogP contribution >= 0.6 is 27.5 Å². The third kappa shape index (κ3) is 3.00. The third-order valence-corrected chi connectivity index (χ3v) is 5.18. The molecule has 1 fully saturated rings. The molecule has 0 unspecified atom stereocenters. The Bertz CT molecular complexity index is 529. The molecule has 0 aliphatic heterocycles. The molecule has 0 bridgehead atoms. The van der Waals surface area contributed by atoms with Crippen molar-refractivity contribution in [2.45, 2.75) is 29.8 Å². The van der Waals surface area contributed by atoms with Gasteiger partial charge in [-0.25, -0.2) is 13.1 Å². The van der Waals surface area contributed by atoms with E-state index in [-0.39, 0.29) is 22.0 Å². The molecule has 3 N–H and O–H groups in total. The van der Waals surface area contributed by atoms with Crippen molar-refractivity contribution in [3.63, 3.8) is 0 Å². The summed E-state index contributed by atoms with van der Waals surface area (Å²) >= 11 is 9.14. The summed E-state index contributed by atoms with van der Waals surface area (Å²) in [7, 11) is -3.55. The summed E-state index contributed by atoms with van der Waals surface area (Å²) < 4.78 is 27.4. The molecule has 7 heteroatoms. The number of benzene rings is 1. The topological polar surface area (TPSA) is 72.2 Å². The highest BCUT2D eigenvalue weighted by Gasteiger charge is 2.31. The summed E-state index contributed by atoms with van der Waals surface area (Å²) in [6.45, 7) is 0. The minimum atomic E-state index is -3.55. The van der Waals surface area contributed by atoms with Crippen LogP contribution in [0.1, 0.15) is 12.8 Å². The van der Waals surface area contributed by atoms with Crippen LogP contribution < -0.4 is 10.5 Å². The smallest absolute Gasteiger partial charge is 0.242 e. The second-order valence-corrected chi connectivity index (χ2v) is 7.13. The molecule has 94 valence electrons. The standard InChI is InChI=1S/C10H12BrClN2O2S/c11-6-1-2-10(9(12)3-6)17(15,16)14-8-4-7(13)5-8/h1-3,7-8,14H,4-5,13H2. The van der Waals surface area contributed by atoms with E-state index in [0.717, 1.165) is 4.47 Å². The van der Waals surface area contributed by atoms with E-state index >= 15 is 0 Å². The fraction of sp³-hybridized carbons (Fsp3) is 0.400. The van der Waals surface area contributed by atoms with E-state index in [1.165, 1.54) is 6.07 Å². The zero-order valence-corrected chi connectivity index (χ0v) is 12.0. The summed E-state index contributed by atoms with van der Waals surface area (Å²) in [6.07, 6.45) is 1.35. The van der Waals surface area contributed by atoms with E-state index in [1.807, 2.05) is 0 Å². The molecule has 17 heavy (non-hydrogen) atoms. The van der Waals surface area contributed by atoms with Gasteiger partial charge in [-0.15, -0.1) is 0 Å². The van der Waals surface area contributed by atoms with Gasteiger partial charge in [0.05, 0.1) is 5.02 Å². The van der Waals surface area contributed by atoms with Gasteiger partial charge in [0.1, 0.15) is 4.90 Å².